The van der Waals surface area contributed by atoms with Crippen molar-refractivity contribution in [1.82, 2.24) is 5.43 Å². The first-order valence-electron chi connectivity index (χ1n) is 7.99. The van der Waals surface area contributed by atoms with Crippen LogP contribution in [0.15, 0.2) is 23.3 Å². The zero-order valence-electron chi connectivity index (χ0n) is 14.1. The fourth-order valence-corrected chi connectivity index (χ4v) is 2.83. The van der Waals surface area contributed by atoms with Gasteiger partial charge in [-0.25, -0.2) is 5.43 Å². The van der Waals surface area contributed by atoms with Gasteiger partial charge in [-0.15, -0.1) is 0 Å². The minimum Gasteiger partial charge on any atom is -0.370 e. The molecule has 6 nitrogen and oxygen atoms in total. The molecular formula is C17H24N4O2. The summed E-state index contributed by atoms with van der Waals surface area (Å²) in [5, 5.41) is 7.09. The van der Waals surface area contributed by atoms with Crippen LogP contribution in [0.5, 0.6) is 0 Å². The molecule has 1 aliphatic rings. The maximum Gasteiger partial charge on any atom is 0.240 e. The van der Waals surface area contributed by atoms with E-state index in [4.69, 9.17) is 0 Å². The lowest BCUT2D eigenvalue weighted by molar-refractivity contribution is -0.122. The number of hydrogen-bond acceptors (Lipinski definition) is 4. The topological polar surface area (TPSA) is 73.8 Å². The van der Waals surface area contributed by atoms with Crippen molar-refractivity contribution in [3.05, 3.63) is 23.8 Å². The Balaban J connectivity index is 2.43. The SMILES string of the molecule is CCN(CC)c1ccc(C2=NNC(=O)CC2C)cc1NC(C)=O. The van der Waals surface area contributed by atoms with Gasteiger partial charge in [-0.1, -0.05) is 13.0 Å². The van der Waals surface area contributed by atoms with Crippen molar-refractivity contribution in [3.63, 3.8) is 0 Å². The Morgan fingerprint density at radius 1 is 1.39 bits per heavy atom. The number of nitrogens with one attached hydrogen (secondary N) is 2. The summed E-state index contributed by atoms with van der Waals surface area (Å²) >= 11 is 0. The van der Waals surface area contributed by atoms with E-state index in [0.29, 0.717) is 6.42 Å². The number of hydrazone groups is 1. The van der Waals surface area contributed by atoms with Crippen LogP contribution >= 0.6 is 0 Å². The number of amides is 2. The third-order valence-corrected chi connectivity index (χ3v) is 3.97. The molecule has 1 aromatic carbocycles. The number of carbonyl (C=O) groups is 2. The number of rotatable bonds is 5. The van der Waals surface area contributed by atoms with Crippen molar-refractivity contribution in [2.24, 2.45) is 11.0 Å². The number of hydrogen-bond donors (Lipinski definition) is 2. The van der Waals surface area contributed by atoms with Gasteiger partial charge in [-0.2, -0.15) is 5.10 Å². The third kappa shape index (κ3) is 3.88. The number of nitrogens with zero attached hydrogens (tertiary/aromatic N) is 2. The first-order chi connectivity index (χ1) is 11.0. The minimum atomic E-state index is -0.109. The first kappa shape index (κ1) is 17.0. The van der Waals surface area contributed by atoms with Crippen LogP contribution in [0.25, 0.3) is 0 Å². The molecule has 1 heterocycles. The fourth-order valence-electron chi connectivity index (χ4n) is 2.83. The van der Waals surface area contributed by atoms with E-state index in [0.717, 1.165) is 35.7 Å². The highest BCUT2D eigenvalue weighted by Gasteiger charge is 2.22. The van der Waals surface area contributed by atoms with E-state index in [1.54, 1.807) is 0 Å². The maximum absolute atomic E-state index is 11.5. The van der Waals surface area contributed by atoms with Gasteiger partial charge in [0.2, 0.25) is 11.8 Å². The van der Waals surface area contributed by atoms with Crippen molar-refractivity contribution in [3.8, 4) is 0 Å². The Morgan fingerprint density at radius 3 is 2.65 bits per heavy atom. The van der Waals surface area contributed by atoms with Crippen molar-refractivity contribution in [2.45, 2.75) is 34.1 Å². The molecule has 6 heteroatoms. The van der Waals surface area contributed by atoms with Crippen molar-refractivity contribution in [2.75, 3.05) is 23.3 Å². The minimum absolute atomic E-state index is 0.0493. The van der Waals surface area contributed by atoms with Crippen LogP contribution in [0.3, 0.4) is 0 Å². The molecule has 23 heavy (non-hydrogen) atoms. The predicted molar refractivity (Wildman–Crippen MR) is 92.8 cm³/mol. The molecule has 1 atom stereocenters. The summed E-state index contributed by atoms with van der Waals surface area (Å²) in [6.07, 6.45) is 0.423. The largest absolute Gasteiger partial charge is 0.370 e. The zero-order valence-corrected chi connectivity index (χ0v) is 14.1. The standard InChI is InChI=1S/C17H24N4O2/c1-5-21(6-2)15-8-7-13(10-14(15)18-12(4)22)17-11(3)9-16(23)19-20-17/h7-8,10-11H,5-6,9H2,1-4H3,(H,18,22)(H,19,23). The lowest BCUT2D eigenvalue weighted by Gasteiger charge is -2.26. The Hall–Kier alpha value is -2.37. The molecule has 2 rings (SSSR count). The highest BCUT2D eigenvalue weighted by molar-refractivity contribution is 6.07. The molecule has 1 aliphatic heterocycles. The maximum atomic E-state index is 11.5. The predicted octanol–water partition coefficient (Wildman–Crippen LogP) is 2.35. The molecule has 0 radical (unpaired) electrons. The summed E-state index contributed by atoms with van der Waals surface area (Å²) in [5.41, 5.74) is 6.04. The molecule has 0 saturated carbocycles. The van der Waals surface area contributed by atoms with Crippen LogP contribution in [0.4, 0.5) is 11.4 Å². The van der Waals surface area contributed by atoms with E-state index in [-0.39, 0.29) is 17.7 Å². The van der Waals surface area contributed by atoms with Gasteiger partial charge >= 0.3 is 0 Å². The highest BCUT2D eigenvalue weighted by Crippen LogP contribution is 2.29. The molecular weight excluding hydrogens is 292 g/mol. The molecule has 0 spiro atoms. The smallest absolute Gasteiger partial charge is 0.240 e. The monoisotopic (exact) mass is 316 g/mol. The number of carbonyl (C=O) groups excluding carboxylic acids is 2. The summed E-state index contributed by atoms with van der Waals surface area (Å²) in [6, 6.07) is 5.92. The van der Waals surface area contributed by atoms with Crippen LogP contribution in [-0.2, 0) is 9.59 Å². The van der Waals surface area contributed by atoms with Crippen LogP contribution in [-0.4, -0.2) is 30.6 Å². The fraction of sp³-hybridized carbons (Fsp3) is 0.471. The summed E-state index contributed by atoms with van der Waals surface area (Å²) < 4.78 is 0. The van der Waals surface area contributed by atoms with E-state index in [9.17, 15) is 9.59 Å². The van der Waals surface area contributed by atoms with Gasteiger partial charge in [0, 0.05) is 37.9 Å². The van der Waals surface area contributed by atoms with E-state index < -0.39 is 0 Å². The summed E-state index contributed by atoms with van der Waals surface area (Å²) in [5.74, 6) is -0.126. The Kier molecular flexibility index (Phi) is 5.36. The highest BCUT2D eigenvalue weighted by atomic mass is 16.2. The van der Waals surface area contributed by atoms with Crippen LogP contribution in [0, 0.1) is 5.92 Å². The Bertz CT molecular complexity index is 635. The molecule has 1 unspecified atom stereocenters. The second-order valence-corrected chi connectivity index (χ2v) is 5.72. The number of anilines is 2. The molecule has 0 aliphatic carbocycles. The van der Waals surface area contributed by atoms with Gasteiger partial charge in [0.05, 0.1) is 17.1 Å². The summed E-state index contributed by atoms with van der Waals surface area (Å²) in [7, 11) is 0. The first-order valence-corrected chi connectivity index (χ1v) is 7.99. The van der Waals surface area contributed by atoms with E-state index in [1.807, 2.05) is 25.1 Å². The average Bonchev–Trinajstić information content (AvgIpc) is 2.49. The van der Waals surface area contributed by atoms with Crippen LogP contribution in [0.1, 0.15) is 39.7 Å². The Labute approximate surface area is 136 Å². The third-order valence-electron chi connectivity index (χ3n) is 3.97. The van der Waals surface area contributed by atoms with Crippen molar-refractivity contribution >= 4 is 28.9 Å². The van der Waals surface area contributed by atoms with E-state index >= 15 is 0 Å². The molecule has 2 N–H and O–H groups in total. The quantitative estimate of drug-likeness (QED) is 0.875. The van der Waals surface area contributed by atoms with Crippen LogP contribution in [0.2, 0.25) is 0 Å². The van der Waals surface area contributed by atoms with Crippen LogP contribution < -0.4 is 15.6 Å². The summed E-state index contributed by atoms with van der Waals surface area (Å²) in [4.78, 5) is 25.1. The van der Waals surface area contributed by atoms with Gasteiger partial charge in [-0.05, 0) is 26.0 Å². The molecule has 0 fully saturated rings. The second kappa shape index (κ2) is 7.26. The van der Waals surface area contributed by atoms with Crippen molar-refractivity contribution in [1.29, 1.82) is 0 Å². The zero-order chi connectivity index (χ0) is 17.0. The second-order valence-electron chi connectivity index (χ2n) is 5.72. The van der Waals surface area contributed by atoms with Gasteiger partial charge in [0.15, 0.2) is 0 Å². The average molecular weight is 316 g/mol. The normalized spacial score (nSPS) is 17.3. The van der Waals surface area contributed by atoms with Gasteiger partial charge < -0.3 is 10.2 Å². The Morgan fingerprint density at radius 2 is 2.09 bits per heavy atom. The van der Waals surface area contributed by atoms with Gasteiger partial charge in [0.25, 0.3) is 0 Å². The number of benzene rings is 1. The van der Waals surface area contributed by atoms with Gasteiger partial charge in [-0.3, -0.25) is 9.59 Å². The molecule has 124 valence electrons. The van der Waals surface area contributed by atoms with Gasteiger partial charge in [0.1, 0.15) is 0 Å². The molecule has 0 saturated heterocycles. The molecule has 0 aromatic heterocycles. The van der Waals surface area contributed by atoms with Crippen molar-refractivity contribution < 1.29 is 9.59 Å². The molecule has 0 bridgehead atoms. The lowest BCUT2D eigenvalue weighted by atomic mass is 9.93. The molecule has 1 aromatic rings. The summed E-state index contributed by atoms with van der Waals surface area (Å²) in [6.45, 7) is 9.36. The molecule has 2 amide bonds. The lowest BCUT2D eigenvalue weighted by Crippen LogP contribution is -2.32. The van der Waals surface area contributed by atoms with E-state index in [1.165, 1.54) is 6.92 Å². The van der Waals surface area contributed by atoms with E-state index in [2.05, 4.69) is 34.6 Å².